The van der Waals surface area contributed by atoms with E-state index in [-0.39, 0.29) is 11.6 Å². The Kier molecular flexibility index (Phi) is 5.03. The van der Waals surface area contributed by atoms with Crippen molar-refractivity contribution in [3.05, 3.63) is 64.8 Å². The highest BCUT2D eigenvalue weighted by Crippen LogP contribution is 2.34. The van der Waals surface area contributed by atoms with Crippen LogP contribution in [0.15, 0.2) is 54.7 Å². The van der Waals surface area contributed by atoms with Crippen molar-refractivity contribution >= 4 is 33.3 Å². The molecule has 11 heteroatoms. The van der Waals surface area contributed by atoms with Crippen LogP contribution in [0.4, 0.5) is 11.4 Å². The number of imidazole rings is 1. The number of fused-ring (bicyclic) bond motifs is 2. The minimum atomic E-state index is -0.500. The van der Waals surface area contributed by atoms with E-state index in [1.165, 1.54) is 24.0 Å². The third-order valence-electron chi connectivity index (χ3n) is 6.27. The predicted molar refractivity (Wildman–Crippen MR) is 132 cm³/mol. The van der Waals surface area contributed by atoms with E-state index in [1.54, 1.807) is 6.07 Å². The molecule has 6 rings (SSSR count). The van der Waals surface area contributed by atoms with Crippen molar-refractivity contribution in [1.29, 1.82) is 0 Å². The molecule has 1 fully saturated rings. The maximum Gasteiger partial charge on any atom is 0.287 e. The number of aromatic amines is 2. The molecule has 1 saturated heterocycles. The average molecular weight is 470 g/mol. The molecule has 2 aromatic carbocycles. The topological polar surface area (TPSA) is 129 Å². The van der Waals surface area contributed by atoms with Crippen LogP contribution in [-0.4, -0.2) is 68.2 Å². The van der Waals surface area contributed by atoms with E-state index >= 15 is 0 Å². The fraction of sp³-hybridized carbons (Fsp3) is 0.208. The molecule has 176 valence electrons. The number of pyridine rings is 1. The highest BCUT2D eigenvalue weighted by molar-refractivity contribution is 5.96. The van der Waals surface area contributed by atoms with Gasteiger partial charge in [-0.15, -0.1) is 0 Å². The Morgan fingerprint density at radius 1 is 1.09 bits per heavy atom. The first kappa shape index (κ1) is 21.1. The Bertz CT molecular complexity index is 1530. The fourth-order valence-electron chi connectivity index (χ4n) is 4.31. The van der Waals surface area contributed by atoms with Gasteiger partial charge in [0, 0.05) is 49.4 Å². The number of likely N-dealkylation sites (N-methyl/N-ethyl adjacent to an activating group) is 1. The van der Waals surface area contributed by atoms with E-state index in [9.17, 15) is 10.1 Å². The Morgan fingerprint density at radius 3 is 2.71 bits per heavy atom. The number of nitrogens with zero attached hydrogens (tertiary/aromatic N) is 6. The third kappa shape index (κ3) is 3.91. The number of piperazine rings is 1. The summed E-state index contributed by atoms with van der Waals surface area (Å²) >= 11 is 0. The number of para-hydroxylation sites is 1. The highest BCUT2D eigenvalue weighted by Gasteiger charge is 2.18. The number of rotatable bonds is 5. The first-order valence-electron chi connectivity index (χ1n) is 11.2. The van der Waals surface area contributed by atoms with Gasteiger partial charge in [0.2, 0.25) is 5.88 Å². The van der Waals surface area contributed by atoms with Crippen LogP contribution in [0.25, 0.3) is 33.5 Å². The van der Waals surface area contributed by atoms with Gasteiger partial charge in [-0.05, 0) is 31.3 Å². The molecule has 35 heavy (non-hydrogen) atoms. The molecule has 0 aliphatic carbocycles. The predicted octanol–water partition coefficient (Wildman–Crippen LogP) is 3.95. The minimum absolute atomic E-state index is 0.0972. The summed E-state index contributed by atoms with van der Waals surface area (Å²) in [5, 5.41) is 19.2. The maximum atomic E-state index is 10.9. The summed E-state index contributed by atoms with van der Waals surface area (Å²) in [6.07, 6.45) is 1.17. The van der Waals surface area contributed by atoms with E-state index in [2.05, 4.69) is 49.1 Å². The van der Waals surface area contributed by atoms with Gasteiger partial charge < -0.3 is 19.5 Å². The van der Waals surface area contributed by atoms with Crippen molar-refractivity contribution in [2.45, 2.75) is 0 Å². The molecule has 0 amide bonds. The van der Waals surface area contributed by atoms with Gasteiger partial charge in [-0.1, -0.05) is 12.1 Å². The molecule has 1 aliphatic rings. The number of anilines is 1. The van der Waals surface area contributed by atoms with Crippen molar-refractivity contribution in [3.8, 4) is 23.1 Å². The number of H-pyrrole nitrogens is 2. The summed E-state index contributed by atoms with van der Waals surface area (Å²) in [4.78, 5) is 27.3. The molecule has 1 aliphatic heterocycles. The molecule has 4 heterocycles. The van der Waals surface area contributed by atoms with Gasteiger partial charge in [-0.3, -0.25) is 15.2 Å². The average Bonchev–Trinajstić information content (AvgIpc) is 3.49. The Labute approximate surface area is 199 Å². The lowest BCUT2D eigenvalue weighted by atomic mass is 10.2. The third-order valence-corrected chi connectivity index (χ3v) is 6.27. The van der Waals surface area contributed by atoms with Gasteiger partial charge in [0.25, 0.3) is 5.69 Å². The molecular formula is C24H22N8O3. The normalized spacial score (nSPS) is 14.6. The van der Waals surface area contributed by atoms with Crippen LogP contribution in [0.2, 0.25) is 0 Å². The van der Waals surface area contributed by atoms with Crippen LogP contribution in [-0.2, 0) is 0 Å². The van der Waals surface area contributed by atoms with Crippen LogP contribution in [0, 0.1) is 10.1 Å². The molecule has 0 atom stereocenters. The summed E-state index contributed by atoms with van der Waals surface area (Å²) in [5.41, 5.74) is 4.27. The van der Waals surface area contributed by atoms with Crippen LogP contribution >= 0.6 is 0 Å². The van der Waals surface area contributed by atoms with Gasteiger partial charge in [0.1, 0.15) is 17.4 Å². The molecule has 5 aromatic rings. The smallest absolute Gasteiger partial charge is 0.287 e. The monoisotopic (exact) mass is 470 g/mol. The van der Waals surface area contributed by atoms with Crippen molar-refractivity contribution in [2.24, 2.45) is 0 Å². The molecule has 3 aromatic heterocycles. The van der Waals surface area contributed by atoms with Crippen molar-refractivity contribution in [3.63, 3.8) is 0 Å². The summed E-state index contributed by atoms with van der Waals surface area (Å²) in [7, 11) is 2.15. The van der Waals surface area contributed by atoms with Crippen LogP contribution < -0.4 is 9.64 Å². The minimum Gasteiger partial charge on any atom is -0.437 e. The zero-order valence-electron chi connectivity index (χ0n) is 18.9. The number of ether oxygens (including phenoxy) is 1. The van der Waals surface area contributed by atoms with E-state index in [0.29, 0.717) is 22.8 Å². The number of hydrogen-bond acceptors (Lipinski definition) is 8. The Morgan fingerprint density at radius 2 is 1.94 bits per heavy atom. The van der Waals surface area contributed by atoms with Crippen LogP contribution in [0.5, 0.6) is 11.6 Å². The quantitative estimate of drug-likeness (QED) is 0.292. The lowest BCUT2D eigenvalue weighted by Crippen LogP contribution is -2.44. The van der Waals surface area contributed by atoms with Crippen LogP contribution in [0.3, 0.4) is 0 Å². The molecule has 0 radical (unpaired) electrons. The SMILES string of the molecule is CN1CCN(c2ccc3nc(-c4n[nH]c5c(Oc6ccc([N+](=O)[O-])cn6)cccc45)[nH]c3c2)CC1. The maximum absolute atomic E-state index is 10.9. The molecule has 0 saturated carbocycles. The summed E-state index contributed by atoms with van der Waals surface area (Å²) in [5.74, 6) is 1.42. The zero-order chi connectivity index (χ0) is 23.9. The second kappa shape index (κ2) is 8.37. The number of aromatic nitrogens is 5. The van der Waals surface area contributed by atoms with Crippen LogP contribution in [0.1, 0.15) is 0 Å². The van der Waals surface area contributed by atoms with Gasteiger partial charge >= 0.3 is 0 Å². The van der Waals surface area contributed by atoms with E-state index in [4.69, 9.17) is 9.72 Å². The van der Waals surface area contributed by atoms with E-state index in [0.717, 1.165) is 42.6 Å². The fourth-order valence-corrected chi connectivity index (χ4v) is 4.31. The Balaban J connectivity index is 1.31. The summed E-state index contributed by atoms with van der Waals surface area (Å²) < 4.78 is 5.88. The largest absolute Gasteiger partial charge is 0.437 e. The Hall–Kier alpha value is -4.51. The van der Waals surface area contributed by atoms with Gasteiger partial charge in [-0.25, -0.2) is 9.97 Å². The van der Waals surface area contributed by atoms with E-state index < -0.39 is 4.92 Å². The first-order valence-corrected chi connectivity index (χ1v) is 11.2. The lowest BCUT2D eigenvalue weighted by molar-refractivity contribution is -0.385. The van der Waals surface area contributed by atoms with Gasteiger partial charge in [0.15, 0.2) is 11.6 Å². The molecule has 2 N–H and O–H groups in total. The zero-order valence-corrected chi connectivity index (χ0v) is 18.9. The van der Waals surface area contributed by atoms with E-state index in [1.807, 2.05) is 18.2 Å². The molecule has 0 unspecified atom stereocenters. The summed E-state index contributed by atoms with van der Waals surface area (Å²) in [6, 6.07) is 14.7. The van der Waals surface area contributed by atoms with Crippen molar-refractivity contribution in [1.82, 2.24) is 30.0 Å². The molecule has 0 spiro atoms. The van der Waals surface area contributed by atoms with Gasteiger partial charge in [0.05, 0.1) is 16.0 Å². The molecule has 11 nitrogen and oxygen atoms in total. The summed E-state index contributed by atoms with van der Waals surface area (Å²) in [6.45, 7) is 4.09. The standard InChI is InChI=1S/C24H22N8O3/c1-30-9-11-31(12-10-30)15-5-7-18-19(13-15)27-24(26-18)23-17-3-2-4-20(22(17)28-29-23)35-21-8-6-16(14-25-21)32(33)34/h2-8,13-14H,9-12H2,1H3,(H,26,27)(H,28,29). The highest BCUT2D eigenvalue weighted by atomic mass is 16.6. The van der Waals surface area contributed by atoms with Crippen molar-refractivity contribution in [2.75, 3.05) is 38.1 Å². The number of benzene rings is 2. The van der Waals surface area contributed by atoms with Crippen molar-refractivity contribution < 1.29 is 9.66 Å². The second-order valence-corrected chi connectivity index (χ2v) is 8.54. The lowest BCUT2D eigenvalue weighted by Gasteiger charge is -2.34. The first-order chi connectivity index (χ1) is 17.0. The molecule has 0 bridgehead atoms. The number of nitrogens with one attached hydrogen (secondary N) is 2. The number of nitro groups is 1. The second-order valence-electron chi connectivity index (χ2n) is 8.54. The van der Waals surface area contributed by atoms with Gasteiger partial charge in [-0.2, -0.15) is 5.10 Å². The number of hydrogen-bond donors (Lipinski definition) is 2. The molecular weight excluding hydrogens is 448 g/mol.